The summed E-state index contributed by atoms with van der Waals surface area (Å²) in [5.41, 5.74) is 0.0826. The van der Waals surface area contributed by atoms with Crippen LogP contribution in [-0.4, -0.2) is 21.6 Å². The van der Waals surface area contributed by atoms with Crippen molar-refractivity contribution in [2.75, 3.05) is 12.0 Å². The molecule has 0 aliphatic rings. The topological polar surface area (TPSA) is 34.9 Å². The van der Waals surface area contributed by atoms with Crippen LogP contribution in [0.3, 0.4) is 0 Å². The van der Waals surface area contributed by atoms with Crippen molar-refractivity contribution in [3.05, 3.63) is 25.9 Å². The van der Waals surface area contributed by atoms with E-state index in [0.29, 0.717) is 3.57 Å². The maximum Gasteiger partial charge on any atom is 0.266 e. The van der Waals surface area contributed by atoms with Gasteiger partial charge in [-0.25, -0.2) is 4.98 Å². The lowest BCUT2D eigenvalue weighted by Gasteiger charge is -2.08. The molecule has 0 atom stereocenters. The zero-order valence-electron chi connectivity index (χ0n) is 8.29. The lowest BCUT2D eigenvalue weighted by molar-refractivity contribution is 0.617. The molecule has 0 bridgehead atoms. The van der Waals surface area contributed by atoms with Gasteiger partial charge in [0.2, 0.25) is 0 Å². The third-order valence-corrected chi connectivity index (χ3v) is 3.37. The molecule has 0 radical (unpaired) electrons. The highest BCUT2D eigenvalue weighted by Gasteiger charge is 2.04. The van der Waals surface area contributed by atoms with E-state index in [0.717, 1.165) is 24.5 Å². The number of rotatable bonds is 4. The molecule has 3 nitrogen and oxygen atoms in total. The molecule has 5 heteroatoms. The highest BCUT2D eigenvalue weighted by atomic mass is 127. The van der Waals surface area contributed by atoms with Crippen molar-refractivity contribution in [3.63, 3.8) is 0 Å². The number of thioether (sulfide) groups is 1. The van der Waals surface area contributed by atoms with Gasteiger partial charge in [0.25, 0.3) is 5.56 Å². The van der Waals surface area contributed by atoms with Crippen LogP contribution >= 0.6 is 34.4 Å². The van der Waals surface area contributed by atoms with Gasteiger partial charge in [-0.3, -0.25) is 9.36 Å². The molecule has 1 heterocycles. The molecule has 1 aromatic heterocycles. The van der Waals surface area contributed by atoms with E-state index in [1.54, 1.807) is 22.5 Å². The standard InChI is InChI=1S/C9H13IN2OS/c1-7-11-6-8(10)9(13)12(7)4-3-5-14-2/h6H,3-5H2,1-2H3. The van der Waals surface area contributed by atoms with Gasteiger partial charge in [-0.1, -0.05) is 0 Å². The second-order valence-electron chi connectivity index (χ2n) is 2.96. The maximum absolute atomic E-state index is 11.7. The van der Waals surface area contributed by atoms with Gasteiger partial charge >= 0.3 is 0 Å². The molecule has 0 aliphatic carbocycles. The van der Waals surface area contributed by atoms with E-state index in [9.17, 15) is 4.79 Å². The highest BCUT2D eigenvalue weighted by Crippen LogP contribution is 2.01. The molecule has 14 heavy (non-hydrogen) atoms. The molecule has 78 valence electrons. The Kier molecular flexibility index (Phi) is 4.94. The SMILES string of the molecule is CSCCCn1c(C)ncc(I)c1=O. The fourth-order valence-corrected chi connectivity index (χ4v) is 2.03. The normalized spacial score (nSPS) is 10.5. The second kappa shape index (κ2) is 5.75. The van der Waals surface area contributed by atoms with Crippen molar-refractivity contribution in [2.24, 2.45) is 0 Å². The Labute approximate surface area is 101 Å². The average molecular weight is 324 g/mol. The summed E-state index contributed by atoms with van der Waals surface area (Å²) in [4.78, 5) is 15.9. The van der Waals surface area contributed by atoms with E-state index in [4.69, 9.17) is 0 Å². The Morgan fingerprint density at radius 3 is 3.00 bits per heavy atom. The Hall–Kier alpha value is -0.0400. The first-order valence-electron chi connectivity index (χ1n) is 4.37. The van der Waals surface area contributed by atoms with Crippen LogP contribution in [0.4, 0.5) is 0 Å². The van der Waals surface area contributed by atoms with Gasteiger partial charge in [0, 0.05) is 12.7 Å². The molecular formula is C9H13IN2OS. The summed E-state index contributed by atoms with van der Waals surface area (Å²) in [5, 5.41) is 0. The molecule has 0 aromatic carbocycles. The first-order valence-corrected chi connectivity index (χ1v) is 6.85. The molecule has 0 saturated carbocycles. The van der Waals surface area contributed by atoms with E-state index < -0.39 is 0 Å². The van der Waals surface area contributed by atoms with Crippen LogP contribution < -0.4 is 5.56 Å². The van der Waals surface area contributed by atoms with Crippen molar-refractivity contribution in [1.29, 1.82) is 0 Å². The van der Waals surface area contributed by atoms with Crippen LogP contribution in [-0.2, 0) is 6.54 Å². The molecule has 1 aromatic rings. The maximum atomic E-state index is 11.7. The van der Waals surface area contributed by atoms with E-state index in [2.05, 4.69) is 11.2 Å². The predicted octanol–water partition coefficient (Wildman–Crippen LogP) is 1.91. The van der Waals surface area contributed by atoms with Crippen LogP contribution in [0.2, 0.25) is 0 Å². The third-order valence-electron chi connectivity index (χ3n) is 1.94. The lowest BCUT2D eigenvalue weighted by Crippen LogP contribution is -2.25. The molecule has 0 spiro atoms. The molecular weight excluding hydrogens is 311 g/mol. The smallest absolute Gasteiger partial charge is 0.266 e. The van der Waals surface area contributed by atoms with E-state index >= 15 is 0 Å². The Bertz CT molecular complexity index is 364. The molecule has 0 amide bonds. The fourth-order valence-electron chi connectivity index (χ4n) is 1.18. The Morgan fingerprint density at radius 1 is 1.64 bits per heavy atom. The van der Waals surface area contributed by atoms with Crippen LogP contribution in [0.15, 0.2) is 11.0 Å². The van der Waals surface area contributed by atoms with Gasteiger partial charge in [0.15, 0.2) is 0 Å². The molecule has 0 aliphatic heterocycles. The average Bonchev–Trinajstić information content (AvgIpc) is 2.18. The monoisotopic (exact) mass is 324 g/mol. The second-order valence-corrected chi connectivity index (χ2v) is 5.10. The Balaban J connectivity index is 2.84. The summed E-state index contributed by atoms with van der Waals surface area (Å²) in [6, 6.07) is 0. The highest BCUT2D eigenvalue weighted by molar-refractivity contribution is 14.1. The number of halogens is 1. The minimum Gasteiger partial charge on any atom is -0.296 e. The number of aromatic nitrogens is 2. The lowest BCUT2D eigenvalue weighted by atomic mass is 10.4. The predicted molar refractivity (Wildman–Crippen MR) is 69.0 cm³/mol. The van der Waals surface area contributed by atoms with Gasteiger partial charge in [-0.15, -0.1) is 0 Å². The van der Waals surface area contributed by atoms with Crippen LogP contribution in [0.1, 0.15) is 12.2 Å². The van der Waals surface area contributed by atoms with Crippen LogP contribution in [0.5, 0.6) is 0 Å². The minimum absolute atomic E-state index is 0.0826. The number of hydrogen-bond acceptors (Lipinski definition) is 3. The van der Waals surface area contributed by atoms with E-state index in [1.807, 2.05) is 29.5 Å². The Morgan fingerprint density at radius 2 is 2.36 bits per heavy atom. The van der Waals surface area contributed by atoms with Crippen molar-refractivity contribution in [2.45, 2.75) is 19.9 Å². The van der Waals surface area contributed by atoms with Crippen LogP contribution in [0, 0.1) is 10.5 Å². The number of aryl methyl sites for hydroxylation is 1. The van der Waals surface area contributed by atoms with Gasteiger partial charge < -0.3 is 0 Å². The molecule has 1 rings (SSSR count). The fraction of sp³-hybridized carbons (Fsp3) is 0.556. The van der Waals surface area contributed by atoms with Gasteiger partial charge in [0.1, 0.15) is 5.82 Å². The summed E-state index contributed by atoms with van der Waals surface area (Å²) in [6.45, 7) is 2.64. The van der Waals surface area contributed by atoms with Gasteiger partial charge in [-0.05, 0) is 47.9 Å². The zero-order valence-corrected chi connectivity index (χ0v) is 11.3. The quantitative estimate of drug-likeness (QED) is 0.627. The summed E-state index contributed by atoms with van der Waals surface area (Å²) >= 11 is 3.83. The summed E-state index contributed by atoms with van der Waals surface area (Å²) < 4.78 is 2.44. The van der Waals surface area contributed by atoms with Crippen LogP contribution in [0.25, 0.3) is 0 Å². The van der Waals surface area contributed by atoms with Crippen molar-refractivity contribution < 1.29 is 0 Å². The zero-order chi connectivity index (χ0) is 10.6. The molecule has 0 saturated heterocycles. The van der Waals surface area contributed by atoms with E-state index in [1.165, 1.54) is 0 Å². The number of nitrogens with zero attached hydrogens (tertiary/aromatic N) is 2. The molecule has 0 N–H and O–H groups in total. The van der Waals surface area contributed by atoms with Crippen molar-refractivity contribution in [1.82, 2.24) is 9.55 Å². The van der Waals surface area contributed by atoms with Crippen molar-refractivity contribution in [3.8, 4) is 0 Å². The van der Waals surface area contributed by atoms with Gasteiger partial charge in [0.05, 0.1) is 3.57 Å². The minimum atomic E-state index is 0.0826. The first kappa shape index (κ1) is 12.0. The van der Waals surface area contributed by atoms with Gasteiger partial charge in [-0.2, -0.15) is 11.8 Å². The number of hydrogen-bond donors (Lipinski definition) is 0. The summed E-state index contributed by atoms with van der Waals surface area (Å²) in [6.07, 6.45) is 4.72. The summed E-state index contributed by atoms with van der Waals surface area (Å²) in [7, 11) is 0. The first-order chi connectivity index (χ1) is 6.66. The summed E-state index contributed by atoms with van der Waals surface area (Å²) in [5.74, 6) is 1.88. The van der Waals surface area contributed by atoms with E-state index in [-0.39, 0.29) is 5.56 Å². The molecule has 0 unspecified atom stereocenters. The van der Waals surface area contributed by atoms with Crippen molar-refractivity contribution >= 4 is 34.4 Å². The molecule has 0 fully saturated rings. The largest absolute Gasteiger partial charge is 0.296 e. The third kappa shape index (κ3) is 2.98.